The van der Waals surface area contributed by atoms with Gasteiger partial charge in [0, 0.05) is 9.40 Å². The summed E-state index contributed by atoms with van der Waals surface area (Å²) < 4.78 is 2.77. The van der Waals surface area contributed by atoms with Crippen molar-refractivity contribution in [3.8, 4) is 11.1 Å². The fraction of sp³-hybridized carbons (Fsp3) is 0.111. The molecular weight excluding hydrogens is 280 g/mol. The van der Waals surface area contributed by atoms with E-state index < -0.39 is 0 Å². The molecule has 2 aromatic carbocycles. The first-order chi connectivity index (χ1) is 9.72. The smallest absolute Gasteiger partial charge is 0.0421 e. The van der Waals surface area contributed by atoms with Gasteiger partial charge in [0.1, 0.15) is 0 Å². The first-order valence-electron chi connectivity index (χ1n) is 6.68. The van der Waals surface area contributed by atoms with E-state index in [0.29, 0.717) is 0 Å². The Morgan fingerprint density at radius 2 is 1.80 bits per heavy atom. The van der Waals surface area contributed by atoms with Gasteiger partial charge in [-0.3, -0.25) is 0 Å². The van der Waals surface area contributed by atoms with Crippen LogP contribution in [0.1, 0.15) is 11.1 Å². The fourth-order valence-electron chi connectivity index (χ4n) is 2.77. The zero-order chi connectivity index (χ0) is 13.7. The lowest BCUT2D eigenvalue weighted by atomic mass is 10.00. The Morgan fingerprint density at radius 3 is 2.70 bits per heavy atom. The summed E-state index contributed by atoms with van der Waals surface area (Å²) in [6.07, 6.45) is 0. The molecule has 4 aromatic rings. The first-order valence-corrected chi connectivity index (χ1v) is 8.44. The lowest BCUT2D eigenvalue weighted by Crippen LogP contribution is -1.81. The van der Waals surface area contributed by atoms with Crippen LogP contribution in [0.5, 0.6) is 0 Å². The zero-order valence-corrected chi connectivity index (χ0v) is 13.1. The molecule has 2 aromatic heterocycles. The maximum atomic E-state index is 2.34. The van der Waals surface area contributed by atoms with Crippen LogP contribution in [-0.4, -0.2) is 0 Å². The van der Waals surface area contributed by atoms with Gasteiger partial charge in [0.15, 0.2) is 0 Å². The quantitative estimate of drug-likeness (QED) is 0.381. The highest BCUT2D eigenvalue weighted by atomic mass is 32.1. The summed E-state index contributed by atoms with van der Waals surface area (Å²) in [4.78, 5) is 0. The molecule has 0 saturated heterocycles. The van der Waals surface area contributed by atoms with Gasteiger partial charge >= 0.3 is 0 Å². The number of rotatable bonds is 1. The van der Waals surface area contributed by atoms with Gasteiger partial charge in [-0.25, -0.2) is 0 Å². The minimum absolute atomic E-state index is 1.33. The second-order valence-electron chi connectivity index (χ2n) is 5.28. The van der Waals surface area contributed by atoms with Crippen molar-refractivity contribution in [2.75, 3.05) is 0 Å². The average Bonchev–Trinajstić information content (AvgIpc) is 3.05. The van der Waals surface area contributed by atoms with Crippen LogP contribution in [0.3, 0.4) is 0 Å². The summed E-state index contributed by atoms with van der Waals surface area (Å²) in [6.45, 7) is 4.37. The van der Waals surface area contributed by atoms with Crippen LogP contribution >= 0.6 is 22.7 Å². The molecule has 4 rings (SSSR count). The molecule has 20 heavy (non-hydrogen) atoms. The molecule has 0 aliphatic carbocycles. The van der Waals surface area contributed by atoms with Crippen LogP contribution in [0, 0.1) is 13.8 Å². The largest absolute Gasteiger partial charge is 0.144 e. The number of aryl methyl sites for hydroxylation is 2. The van der Waals surface area contributed by atoms with Crippen molar-refractivity contribution in [1.82, 2.24) is 0 Å². The summed E-state index contributed by atoms with van der Waals surface area (Å²) in [5.74, 6) is 0. The molecule has 2 heteroatoms. The molecule has 0 saturated carbocycles. The maximum Gasteiger partial charge on any atom is 0.0421 e. The maximum absolute atomic E-state index is 2.34. The Bertz CT molecular complexity index is 925. The molecule has 0 N–H and O–H groups in total. The van der Waals surface area contributed by atoms with Crippen LogP contribution in [-0.2, 0) is 0 Å². The minimum Gasteiger partial charge on any atom is -0.144 e. The number of hydrogen-bond acceptors (Lipinski definition) is 2. The molecule has 0 bridgehead atoms. The number of thiophene rings is 2. The minimum atomic E-state index is 1.33. The zero-order valence-electron chi connectivity index (χ0n) is 11.4. The van der Waals surface area contributed by atoms with Gasteiger partial charge in [0.2, 0.25) is 0 Å². The third-order valence-corrected chi connectivity index (χ3v) is 5.82. The Balaban J connectivity index is 2.04. The van der Waals surface area contributed by atoms with E-state index in [0.717, 1.165) is 0 Å². The highest BCUT2D eigenvalue weighted by Crippen LogP contribution is 2.36. The van der Waals surface area contributed by atoms with Crippen molar-refractivity contribution < 1.29 is 0 Å². The van der Waals surface area contributed by atoms with Crippen molar-refractivity contribution in [3.63, 3.8) is 0 Å². The van der Waals surface area contributed by atoms with Crippen molar-refractivity contribution in [1.29, 1.82) is 0 Å². The van der Waals surface area contributed by atoms with Crippen LogP contribution in [0.25, 0.3) is 31.3 Å². The number of benzene rings is 2. The molecule has 0 aliphatic heterocycles. The first kappa shape index (κ1) is 12.1. The van der Waals surface area contributed by atoms with Crippen molar-refractivity contribution in [2.24, 2.45) is 0 Å². The predicted molar refractivity (Wildman–Crippen MR) is 92.1 cm³/mol. The molecule has 98 valence electrons. The third-order valence-electron chi connectivity index (χ3n) is 3.77. The van der Waals surface area contributed by atoms with Crippen molar-refractivity contribution in [2.45, 2.75) is 13.8 Å². The second-order valence-corrected chi connectivity index (χ2v) is 7.11. The predicted octanol–water partition coefficient (Wildman–Crippen LogP) is 6.40. The van der Waals surface area contributed by atoms with Gasteiger partial charge in [-0.15, -0.1) is 22.7 Å². The van der Waals surface area contributed by atoms with Crippen LogP contribution in [0.4, 0.5) is 0 Å². The molecular formula is C18H14S2. The monoisotopic (exact) mass is 294 g/mol. The van der Waals surface area contributed by atoms with Gasteiger partial charge < -0.3 is 0 Å². The topological polar surface area (TPSA) is 0 Å². The highest BCUT2D eigenvalue weighted by Gasteiger charge is 2.08. The molecule has 0 fully saturated rings. The Hall–Kier alpha value is -1.64. The Morgan fingerprint density at radius 1 is 0.900 bits per heavy atom. The summed E-state index contributed by atoms with van der Waals surface area (Å²) in [6, 6.07) is 13.6. The summed E-state index contributed by atoms with van der Waals surface area (Å²) in [5.41, 5.74) is 5.40. The van der Waals surface area contributed by atoms with E-state index in [4.69, 9.17) is 0 Å². The molecule has 0 atom stereocenters. The highest BCUT2D eigenvalue weighted by molar-refractivity contribution is 7.18. The van der Waals surface area contributed by atoms with E-state index in [2.05, 4.69) is 61.0 Å². The second kappa shape index (κ2) is 4.44. The van der Waals surface area contributed by atoms with E-state index in [-0.39, 0.29) is 0 Å². The lowest BCUT2D eigenvalue weighted by Gasteiger charge is -2.06. The SMILES string of the molecule is Cc1cc(-c2ccc3scc(C)c3c2)c2sccc2c1. The third kappa shape index (κ3) is 1.80. The van der Waals surface area contributed by atoms with E-state index in [1.807, 2.05) is 22.7 Å². The molecule has 0 spiro atoms. The van der Waals surface area contributed by atoms with Crippen LogP contribution in [0.2, 0.25) is 0 Å². The number of fused-ring (bicyclic) bond motifs is 2. The number of hydrogen-bond donors (Lipinski definition) is 0. The lowest BCUT2D eigenvalue weighted by molar-refractivity contribution is 1.51. The fourth-order valence-corrected chi connectivity index (χ4v) is 4.61. The van der Waals surface area contributed by atoms with E-state index in [1.54, 1.807) is 0 Å². The van der Waals surface area contributed by atoms with Gasteiger partial charge in [-0.1, -0.05) is 12.1 Å². The molecule has 0 nitrogen and oxygen atoms in total. The normalized spacial score (nSPS) is 11.5. The molecule has 0 unspecified atom stereocenters. The molecule has 2 heterocycles. The standard InChI is InChI=1S/C18H14S2/c1-11-7-14-5-6-19-18(14)16(8-11)13-3-4-17-15(9-13)12(2)10-20-17/h3-10H,1-2H3. The van der Waals surface area contributed by atoms with E-state index in [9.17, 15) is 0 Å². The van der Waals surface area contributed by atoms with Gasteiger partial charge in [0.25, 0.3) is 0 Å². The van der Waals surface area contributed by atoms with Crippen LogP contribution in [0.15, 0.2) is 47.2 Å². The van der Waals surface area contributed by atoms with Crippen LogP contribution < -0.4 is 0 Å². The summed E-state index contributed by atoms with van der Waals surface area (Å²) >= 11 is 3.66. The molecule has 0 radical (unpaired) electrons. The van der Waals surface area contributed by atoms with Gasteiger partial charge in [-0.05, 0) is 81.9 Å². The Labute approximate surface area is 126 Å². The van der Waals surface area contributed by atoms with Gasteiger partial charge in [0.05, 0.1) is 0 Å². The summed E-state index contributed by atoms with van der Waals surface area (Å²) in [7, 11) is 0. The van der Waals surface area contributed by atoms with Gasteiger partial charge in [-0.2, -0.15) is 0 Å². The van der Waals surface area contributed by atoms with Crippen molar-refractivity contribution in [3.05, 3.63) is 58.3 Å². The summed E-state index contributed by atoms with van der Waals surface area (Å²) in [5, 5.41) is 7.17. The molecule has 0 aliphatic rings. The van der Waals surface area contributed by atoms with E-state index in [1.165, 1.54) is 42.4 Å². The van der Waals surface area contributed by atoms with E-state index >= 15 is 0 Å². The average molecular weight is 294 g/mol. The molecule has 0 amide bonds. The van der Waals surface area contributed by atoms with Crippen molar-refractivity contribution >= 4 is 42.8 Å². The Kier molecular flexibility index (Phi) is 2.69.